The zero-order valence-corrected chi connectivity index (χ0v) is 10.1. The van der Waals surface area contributed by atoms with E-state index in [0.29, 0.717) is 0 Å². The fourth-order valence-corrected chi connectivity index (χ4v) is 2.94. The van der Waals surface area contributed by atoms with E-state index in [2.05, 4.69) is 40.8 Å². The average Bonchev–Trinajstić information content (AvgIpc) is 2.96. The van der Waals surface area contributed by atoms with Crippen LogP contribution >= 0.6 is 11.3 Å². The van der Waals surface area contributed by atoms with Gasteiger partial charge in [0, 0.05) is 23.2 Å². The Morgan fingerprint density at radius 3 is 3.19 bits per heavy atom. The molecule has 0 unspecified atom stereocenters. The first-order valence-electron chi connectivity index (χ1n) is 5.68. The molecule has 0 atom stereocenters. The van der Waals surface area contributed by atoms with Gasteiger partial charge in [-0.25, -0.2) is 4.98 Å². The van der Waals surface area contributed by atoms with Crippen molar-refractivity contribution >= 4 is 17.0 Å². The van der Waals surface area contributed by atoms with Crippen molar-refractivity contribution < 1.29 is 0 Å². The van der Waals surface area contributed by atoms with Crippen LogP contribution in [0.25, 0.3) is 10.6 Å². The predicted octanol–water partition coefficient (Wildman–Crippen LogP) is 3.34. The van der Waals surface area contributed by atoms with Gasteiger partial charge in [-0.1, -0.05) is 6.92 Å². The fraction of sp³-hybridized carbons (Fsp3) is 0.308. The van der Waals surface area contributed by atoms with Gasteiger partial charge in [-0.15, -0.1) is 11.3 Å². The van der Waals surface area contributed by atoms with Gasteiger partial charge in [-0.2, -0.15) is 0 Å². The van der Waals surface area contributed by atoms with Crippen LogP contribution in [0.5, 0.6) is 0 Å². The third-order valence-electron chi connectivity index (χ3n) is 2.98. The summed E-state index contributed by atoms with van der Waals surface area (Å²) < 4.78 is 0. The Balaban J connectivity index is 2.00. The van der Waals surface area contributed by atoms with Crippen LogP contribution in [0.15, 0.2) is 23.6 Å². The Kier molecular flexibility index (Phi) is 2.40. The molecule has 0 aliphatic carbocycles. The van der Waals surface area contributed by atoms with Gasteiger partial charge < -0.3 is 5.32 Å². The van der Waals surface area contributed by atoms with Crippen LogP contribution in [-0.2, 0) is 12.8 Å². The van der Waals surface area contributed by atoms with Crippen LogP contribution < -0.4 is 5.32 Å². The molecular formula is C13H14N2S. The monoisotopic (exact) mass is 230 g/mol. The van der Waals surface area contributed by atoms with Crippen molar-refractivity contribution in [2.45, 2.75) is 19.8 Å². The van der Waals surface area contributed by atoms with Crippen LogP contribution in [0, 0.1) is 0 Å². The highest BCUT2D eigenvalue weighted by Gasteiger charge is 2.11. The van der Waals surface area contributed by atoms with Gasteiger partial charge in [0.05, 0.1) is 5.69 Å². The van der Waals surface area contributed by atoms with Gasteiger partial charge in [-0.05, 0) is 36.6 Å². The SMILES string of the molecule is CCc1csc(-c2ccc3c(c2)CCN3)n1. The number of hydrogen-bond donors (Lipinski definition) is 1. The van der Waals surface area contributed by atoms with E-state index in [0.717, 1.165) is 24.4 Å². The van der Waals surface area contributed by atoms with E-state index < -0.39 is 0 Å². The first-order chi connectivity index (χ1) is 7.86. The summed E-state index contributed by atoms with van der Waals surface area (Å²) in [6.45, 7) is 3.21. The minimum absolute atomic E-state index is 1.02. The van der Waals surface area contributed by atoms with E-state index in [1.165, 1.54) is 22.5 Å². The Morgan fingerprint density at radius 2 is 2.38 bits per heavy atom. The summed E-state index contributed by atoms with van der Waals surface area (Å²) in [7, 11) is 0. The highest BCUT2D eigenvalue weighted by Crippen LogP contribution is 2.30. The van der Waals surface area contributed by atoms with Crippen molar-refractivity contribution in [1.29, 1.82) is 0 Å². The molecule has 0 bridgehead atoms. The van der Waals surface area contributed by atoms with Gasteiger partial charge in [0.25, 0.3) is 0 Å². The van der Waals surface area contributed by atoms with Crippen LogP contribution in [-0.4, -0.2) is 11.5 Å². The Morgan fingerprint density at radius 1 is 1.44 bits per heavy atom. The Hall–Kier alpha value is -1.35. The maximum absolute atomic E-state index is 4.62. The third kappa shape index (κ3) is 1.61. The van der Waals surface area contributed by atoms with E-state index in [-0.39, 0.29) is 0 Å². The molecule has 0 fully saturated rings. The van der Waals surface area contributed by atoms with Gasteiger partial charge in [0.15, 0.2) is 0 Å². The first kappa shape index (κ1) is 9.85. The molecule has 0 radical (unpaired) electrons. The van der Waals surface area contributed by atoms with Crippen LogP contribution in [0.4, 0.5) is 5.69 Å². The van der Waals surface area contributed by atoms with Gasteiger partial charge in [0.2, 0.25) is 0 Å². The third-order valence-corrected chi connectivity index (χ3v) is 3.92. The van der Waals surface area contributed by atoms with Gasteiger partial charge in [-0.3, -0.25) is 0 Å². The van der Waals surface area contributed by atoms with E-state index in [1.54, 1.807) is 11.3 Å². The van der Waals surface area contributed by atoms with Crippen LogP contribution in [0.3, 0.4) is 0 Å². The minimum atomic E-state index is 1.02. The molecule has 3 rings (SSSR count). The average molecular weight is 230 g/mol. The van der Waals surface area contributed by atoms with Gasteiger partial charge >= 0.3 is 0 Å². The van der Waals surface area contributed by atoms with Crippen molar-refractivity contribution in [2.24, 2.45) is 0 Å². The number of thiazole rings is 1. The smallest absolute Gasteiger partial charge is 0.123 e. The predicted molar refractivity (Wildman–Crippen MR) is 69.1 cm³/mol. The number of nitrogens with one attached hydrogen (secondary N) is 1. The quantitative estimate of drug-likeness (QED) is 0.856. The molecule has 82 valence electrons. The molecule has 1 N–H and O–H groups in total. The number of benzene rings is 1. The maximum atomic E-state index is 4.62. The molecule has 2 heterocycles. The minimum Gasteiger partial charge on any atom is -0.384 e. The topological polar surface area (TPSA) is 24.9 Å². The largest absolute Gasteiger partial charge is 0.384 e. The Labute approximate surface area is 99.4 Å². The number of nitrogens with zero attached hydrogens (tertiary/aromatic N) is 1. The zero-order chi connectivity index (χ0) is 11.0. The zero-order valence-electron chi connectivity index (χ0n) is 9.29. The molecule has 0 saturated carbocycles. The number of anilines is 1. The number of aromatic nitrogens is 1. The molecule has 1 aliphatic heterocycles. The molecule has 0 amide bonds. The second-order valence-corrected chi connectivity index (χ2v) is 4.90. The summed E-state index contributed by atoms with van der Waals surface area (Å²) in [6, 6.07) is 6.60. The molecule has 16 heavy (non-hydrogen) atoms. The Bertz CT molecular complexity index is 516. The molecule has 1 aromatic heterocycles. The van der Waals surface area contributed by atoms with Crippen LogP contribution in [0.2, 0.25) is 0 Å². The van der Waals surface area contributed by atoms with Crippen molar-refractivity contribution in [3.8, 4) is 10.6 Å². The highest BCUT2D eigenvalue weighted by molar-refractivity contribution is 7.13. The lowest BCUT2D eigenvalue weighted by Crippen LogP contribution is -1.90. The van der Waals surface area contributed by atoms with E-state index >= 15 is 0 Å². The van der Waals surface area contributed by atoms with Crippen LogP contribution in [0.1, 0.15) is 18.2 Å². The summed E-state index contributed by atoms with van der Waals surface area (Å²) in [6.07, 6.45) is 2.15. The molecule has 1 aliphatic rings. The lowest BCUT2D eigenvalue weighted by Gasteiger charge is -2.01. The van der Waals surface area contributed by atoms with Crippen molar-refractivity contribution in [1.82, 2.24) is 4.98 Å². The summed E-state index contributed by atoms with van der Waals surface area (Å²) in [5.74, 6) is 0. The molecule has 0 spiro atoms. The second-order valence-electron chi connectivity index (χ2n) is 4.05. The summed E-state index contributed by atoms with van der Waals surface area (Å²) in [4.78, 5) is 4.62. The number of hydrogen-bond acceptors (Lipinski definition) is 3. The second kappa shape index (κ2) is 3.91. The fourth-order valence-electron chi connectivity index (χ4n) is 2.04. The normalized spacial score (nSPS) is 13.6. The van der Waals surface area contributed by atoms with Crippen molar-refractivity contribution in [2.75, 3.05) is 11.9 Å². The molecule has 2 aromatic rings. The number of rotatable bonds is 2. The van der Waals surface area contributed by atoms with Crippen molar-refractivity contribution in [3.63, 3.8) is 0 Å². The molecule has 1 aromatic carbocycles. The van der Waals surface area contributed by atoms with Crippen molar-refractivity contribution in [3.05, 3.63) is 34.8 Å². The summed E-state index contributed by atoms with van der Waals surface area (Å²) in [5.41, 5.74) is 5.16. The maximum Gasteiger partial charge on any atom is 0.123 e. The lowest BCUT2D eigenvalue weighted by atomic mass is 10.1. The first-order valence-corrected chi connectivity index (χ1v) is 6.56. The van der Waals surface area contributed by atoms with Gasteiger partial charge in [0.1, 0.15) is 5.01 Å². The van der Waals surface area contributed by atoms with E-state index in [1.807, 2.05) is 0 Å². The number of fused-ring (bicyclic) bond motifs is 1. The molecular weight excluding hydrogens is 216 g/mol. The standard InChI is InChI=1S/C13H14N2S/c1-2-11-8-16-13(15-11)10-3-4-12-9(7-10)5-6-14-12/h3-4,7-8,14H,2,5-6H2,1H3. The highest BCUT2D eigenvalue weighted by atomic mass is 32.1. The molecule has 0 saturated heterocycles. The summed E-state index contributed by atoms with van der Waals surface area (Å²) >= 11 is 1.74. The molecule has 3 heteroatoms. The van der Waals surface area contributed by atoms with E-state index in [4.69, 9.17) is 0 Å². The number of aryl methyl sites for hydroxylation is 1. The summed E-state index contributed by atoms with van der Waals surface area (Å²) in [5, 5.41) is 6.68. The van der Waals surface area contributed by atoms with E-state index in [9.17, 15) is 0 Å². The molecule has 2 nitrogen and oxygen atoms in total. The lowest BCUT2D eigenvalue weighted by molar-refractivity contribution is 1.06.